The number of hydrogen-bond donors (Lipinski definition) is 1. The van der Waals surface area contributed by atoms with E-state index < -0.39 is 5.97 Å². The summed E-state index contributed by atoms with van der Waals surface area (Å²) in [5.74, 6) is -0.898. The summed E-state index contributed by atoms with van der Waals surface area (Å²) < 4.78 is 0.827. The Bertz CT molecular complexity index is 504. The Balaban J connectivity index is 2.62. The van der Waals surface area contributed by atoms with Crippen molar-refractivity contribution in [2.75, 3.05) is 6.54 Å². The molecule has 0 saturated heterocycles. The number of para-hydroxylation sites is 1. The molecule has 1 aliphatic rings. The van der Waals surface area contributed by atoms with Gasteiger partial charge in [-0.05, 0) is 6.07 Å². The molecule has 72 valence electrons. The van der Waals surface area contributed by atoms with Gasteiger partial charge in [-0.2, -0.15) is 0 Å². The smallest absolute Gasteiger partial charge is 0.307 e. The van der Waals surface area contributed by atoms with E-state index in [4.69, 9.17) is 5.11 Å². The molecule has 0 spiro atoms. The van der Waals surface area contributed by atoms with Crippen LogP contribution >= 0.6 is 0 Å². The van der Waals surface area contributed by atoms with Gasteiger partial charge in [0.2, 0.25) is 5.36 Å². The first-order valence-electron chi connectivity index (χ1n) is 4.29. The van der Waals surface area contributed by atoms with Gasteiger partial charge >= 0.3 is 5.97 Å². The van der Waals surface area contributed by atoms with E-state index in [0.717, 1.165) is 9.96 Å². The first kappa shape index (κ1) is 8.74. The Hall–Kier alpha value is -1.84. The second kappa shape index (κ2) is 3.14. The molecule has 4 nitrogen and oxygen atoms in total. The highest BCUT2D eigenvalue weighted by atomic mass is 16.5. The molecular formula is C10H9NO3. The van der Waals surface area contributed by atoms with Crippen LogP contribution in [0.15, 0.2) is 24.3 Å². The minimum absolute atomic E-state index is 0.0598. The van der Waals surface area contributed by atoms with E-state index in [1.807, 2.05) is 0 Å². The van der Waals surface area contributed by atoms with Crippen molar-refractivity contribution in [3.63, 3.8) is 0 Å². The molecule has 0 unspecified atom stereocenters. The molecule has 0 radical (unpaired) electrons. The Morgan fingerprint density at radius 1 is 1.50 bits per heavy atom. The average molecular weight is 191 g/mol. The predicted octanol–water partition coefficient (Wildman–Crippen LogP) is -0.685. The lowest BCUT2D eigenvalue weighted by Gasteiger charge is -1.98. The molecule has 1 aromatic rings. The Labute approximate surface area is 80.0 Å². The zero-order valence-electron chi connectivity index (χ0n) is 7.43. The van der Waals surface area contributed by atoms with Gasteiger partial charge in [0.05, 0.1) is 11.6 Å². The number of aliphatic carboxylic acids is 1. The molecule has 0 saturated carbocycles. The zero-order chi connectivity index (χ0) is 10.1. The summed E-state index contributed by atoms with van der Waals surface area (Å²) in [6.07, 6.45) is -0.0598. The average Bonchev–Trinajstić information content (AvgIpc) is 2.44. The monoisotopic (exact) mass is 191 g/mol. The van der Waals surface area contributed by atoms with Gasteiger partial charge in [0.1, 0.15) is 0 Å². The summed E-state index contributed by atoms with van der Waals surface area (Å²) in [4.78, 5) is 10.5. The van der Waals surface area contributed by atoms with Crippen molar-refractivity contribution < 1.29 is 9.90 Å². The fourth-order valence-electron chi connectivity index (χ4n) is 1.67. The molecule has 0 bridgehead atoms. The van der Waals surface area contributed by atoms with Crippen LogP contribution in [0.2, 0.25) is 0 Å². The van der Waals surface area contributed by atoms with Crippen molar-refractivity contribution >= 4 is 11.5 Å². The van der Waals surface area contributed by atoms with Crippen LogP contribution in [0.5, 0.6) is 0 Å². The van der Waals surface area contributed by atoms with Crippen LogP contribution in [0.1, 0.15) is 6.42 Å². The molecular weight excluding hydrogens is 182 g/mol. The minimum Gasteiger partial charge on any atom is -0.623 e. The van der Waals surface area contributed by atoms with Gasteiger partial charge in [-0.3, -0.25) is 4.79 Å². The molecule has 14 heavy (non-hydrogen) atoms. The maximum Gasteiger partial charge on any atom is 0.307 e. The first-order valence-corrected chi connectivity index (χ1v) is 4.29. The van der Waals surface area contributed by atoms with Crippen LogP contribution in [0, 0.1) is 5.21 Å². The number of fused-ring (bicyclic) bond motifs is 1. The number of rotatable bonds is 2. The molecule has 1 aromatic carbocycles. The van der Waals surface area contributed by atoms with Crippen LogP contribution in [0.4, 0.5) is 0 Å². The summed E-state index contributed by atoms with van der Waals surface area (Å²) in [6, 6.07) is 7.07. The third kappa shape index (κ3) is 1.35. The predicted molar refractivity (Wildman–Crippen MR) is 50.8 cm³/mol. The van der Waals surface area contributed by atoms with Gasteiger partial charge in [-0.1, -0.05) is 12.1 Å². The first-order chi connectivity index (χ1) is 6.68. The normalized spacial score (nSPS) is 14.3. The molecule has 0 fully saturated rings. The Morgan fingerprint density at radius 3 is 2.93 bits per heavy atom. The Kier molecular flexibility index (Phi) is 1.96. The summed E-state index contributed by atoms with van der Waals surface area (Å²) in [7, 11) is 0. The molecule has 4 heteroatoms. The van der Waals surface area contributed by atoms with E-state index in [1.54, 1.807) is 24.3 Å². The van der Waals surface area contributed by atoms with Crippen LogP contribution < -0.4 is 15.3 Å². The van der Waals surface area contributed by atoms with Crippen LogP contribution in [0.25, 0.3) is 5.57 Å². The topological polar surface area (TPSA) is 63.4 Å². The second-order valence-corrected chi connectivity index (χ2v) is 3.23. The SMILES string of the molecule is O=C(O)CC1=c2ccccc2=[N+]([O-])C1. The highest BCUT2D eigenvalue weighted by Crippen LogP contribution is 2.01. The fourth-order valence-corrected chi connectivity index (χ4v) is 1.67. The van der Waals surface area contributed by atoms with Crippen molar-refractivity contribution in [3.8, 4) is 0 Å². The Morgan fingerprint density at radius 2 is 2.21 bits per heavy atom. The number of carboxylic acid groups (broad SMARTS) is 1. The van der Waals surface area contributed by atoms with Gasteiger partial charge in [-0.25, -0.2) is 4.74 Å². The lowest BCUT2D eigenvalue weighted by molar-refractivity contribution is -0.135. The lowest BCUT2D eigenvalue weighted by Crippen LogP contribution is -2.29. The number of nitrogens with zero attached hydrogens (tertiary/aromatic N) is 1. The number of carboxylic acids is 1. The van der Waals surface area contributed by atoms with E-state index in [1.165, 1.54) is 0 Å². The van der Waals surface area contributed by atoms with Crippen LogP contribution in [-0.4, -0.2) is 17.6 Å². The zero-order valence-corrected chi connectivity index (χ0v) is 7.43. The number of benzene rings is 1. The van der Waals surface area contributed by atoms with Gasteiger partial charge in [0, 0.05) is 11.6 Å². The molecule has 0 amide bonds. The van der Waals surface area contributed by atoms with Crippen molar-refractivity contribution in [3.05, 3.63) is 40.0 Å². The molecule has 1 N–H and O–H groups in total. The molecule has 1 aliphatic heterocycles. The number of hydroxylamine groups is 1. The standard InChI is InChI=1S/C10H9NO3/c12-10(13)5-7-6-11(14)9-4-2-1-3-8(7)9/h1-4H,5-6H2,(H,12,13). The second-order valence-electron chi connectivity index (χ2n) is 3.23. The van der Waals surface area contributed by atoms with E-state index in [9.17, 15) is 10.0 Å². The minimum atomic E-state index is -0.898. The van der Waals surface area contributed by atoms with Gasteiger partial charge in [0.25, 0.3) is 0 Å². The highest BCUT2D eigenvalue weighted by molar-refractivity contribution is 5.78. The van der Waals surface area contributed by atoms with E-state index in [2.05, 4.69) is 0 Å². The number of carbonyl (C=O) groups is 1. The van der Waals surface area contributed by atoms with Crippen molar-refractivity contribution in [1.29, 1.82) is 0 Å². The molecule has 0 atom stereocenters. The maximum atomic E-state index is 11.4. The maximum absolute atomic E-state index is 11.4. The van der Waals surface area contributed by atoms with E-state index in [-0.39, 0.29) is 13.0 Å². The highest BCUT2D eigenvalue weighted by Gasteiger charge is 2.17. The quantitative estimate of drug-likeness (QED) is 0.497. The largest absolute Gasteiger partial charge is 0.623 e. The van der Waals surface area contributed by atoms with Crippen molar-refractivity contribution in [2.45, 2.75) is 6.42 Å². The van der Waals surface area contributed by atoms with Crippen LogP contribution in [-0.2, 0) is 4.79 Å². The van der Waals surface area contributed by atoms with Crippen LogP contribution in [0.3, 0.4) is 0 Å². The third-order valence-corrected chi connectivity index (χ3v) is 2.25. The summed E-state index contributed by atoms with van der Waals surface area (Å²) >= 11 is 0. The van der Waals surface area contributed by atoms with Gasteiger partial charge in [-0.15, -0.1) is 0 Å². The van der Waals surface area contributed by atoms with Crippen molar-refractivity contribution in [1.82, 2.24) is 4.74 Å². The molecule has 2 rings (SSSR count). The van der Waals surface area contributed by atoms with Gasteiger partial charge in [0.15, 0.2) is 6.54 Å². The van der Waals surface area contributed by atoms with E-state index in [0.29, 0.717) is 10.9 Å². The van der Waals surface area contributed by atoms with Crippen molar-refractivity contribution in [2.24, 2.45) is 0 Å². The fraction of sp³-hybridized carbons (Fsp3) is 0.200. The molecule has 0 aromatic heterocycles. The third-order valence-electron chi connectivity index (χ3n) is 2.25. The summed E-state index contributed by atoms with van der Waals surface area (Å²) in [5, 5.41) is 21.3. The molecule has 1 heterocycles. The number of hydrogen-bond acceptors (Lipinski definition) is 2. The molecule has 0 aliphatic carbocycles. The van der Waals surface area contributed by atoms with Gasteiger partial charge < -0.3 is 10.3 Å². The van der Waals surface area contributed by atoms with E-state index >= 15 is 0 Å². The summed E-state index contributed by atoms with van der Waals surface area (Å²) in [6.45, 7) is 0.172. The summed E-state index contributed by atoms with van der Waals surface area (Å²) in [5.41, 5.74) is 0.683. The lowest BCUT2D eigenvalue weighted by atomic mass is 10.1.